The number of benzene rings is 9. The Balaban J connectivity index is 1.31. The predicted octanol–water partition coefficient (Wildman–Crippen LogP) is 16.0. The highest BCUT2D eigenvalue weighted by atomic mass is 79.9. The van der Waals surface area contributed by atoms with E-state index in [0.717, 1.165) is 48.5 Å². The number of rotatable bonds is 4. The standard InChI is InChI=1S/C50H23BrF12/c51-38-23-37-44-40-33(38)19-22-36-43(40)41-34(45(36,25-3-11-29(12-4-25)47(52,53)54)26-5-13-30(14-6-26)48(55,56)57)20-1-24-2-21-35(42(44)39(24)41)46(37,27-7-15-31(16-8-27)49(58,59)60)28-9-17-32(18-10-28)50(61,62)63/h1-23H. The second-order valence-electron chi connectivity index (χ2n) is 16.1. The van der Waals surface area contributed by atoms with Crippen LogP contribution in [0.4, 0.5) is 52.7 Å². The van der Waals surface area contributed by atoms with Crippen LogP contribution in [0.2, 0.25) is 0 Å². The zero-order valence-corrected chi connectivity index (χ0v) is 33.3. The Morgan fingerprint density at radius 1 is 0.302 bits per heavy atom. The van der Waals surface area contributed by atoms with Gasteiger partial charge in [-0.1, -0.05) is 101 Å². The van der Waals surface area contributed by atoms with Gasteiger partial charge in [-0.05, 0) is 142 Å². The van der Waals surface area contributed by atoms with Gasteiger partial charge in [-0.15, -0.1) is 0 Å². The smallest absolute Gasteiger partial charge is 0.166 e. The van der Waals surface area contributed by atoms with Gasteiger partial charge in [0.2, 0.25) is 0 Å². The van der Waals surface area contributed by atoms with E-state index in [-0.39, 0.29) is 0 Å². The highest BCUT2D eigenvalue weighted by molar-refractivity contribution is 9.10. The molecule has 9 aromatic rings. The van der Waals surface area contributed by atoms with E-state index in [1.165, 1.54) is 48.5 Å². The molecule has 0 saturated heterocycles. The monoisotopic (exact) mass is 930 g/mol. The minimum absolute atomic E-state index is 0.346. The maximum atomic E-state index is 14.0. The van der Waals surface area contributed by atoms with Crippen LogP contribution in [0.25, 0.3) is 43.1 Å². The van der Waals surface area contributed by atoms with Gasteiger partial charge in [0.1, 0.15) is 0 Å². The van der Waals surface area contributed by atoms with Crippen molar-refractivity contribution in [2.45, 2.75) is 35.5 Å². The first-order chi connectivity index (χ1) is 29.7. The Bertz CT molecular complexity index is 3190. The van der Waals surface area contributed by atoms with Gasteiger partial charge in [0.05, 0.1) is 33.1 Å². The molecule has 0 spiro atoms. The normalized spacial score (nSPS) is 15.6. The molecule has 0 amide bonds. The third-order valence-corrected chi connectivity index (χ3v) is 13.8. The zero-order valence-electron chi connectivity index (χ0n) is 31.7. The van der Waals surface area contributed by atoms with Crippen molar-refractivity contribution in [2.24, 2.45) is 0 Å². The second kappa shape index (κ2) is 12.6. The van der Waals surface area contributed by atoms with Crippen LogP contribution in [0.3, 0.4) is 0 Å². The first kappa shape index (κ1) is 39.7. The van der Waals surface area contributed by atoms with Crippen LogP contribution in [0.15, 0.2) is 144 Å². The molecule has 0 heterocycles. The molecule has 314 valence electrons. The molecule has 0 aliphatic heterocycles. The lowest BCUT2D eigenvalue weighted by atomic mass is 9.66. The quantitative estimate of drug-likeness (QED) is 0.0937. The van der Waals surface area contributed by atoms with Gasteiger partial charge in [0.15, 0.2) is 0 Å². The van der Waals surface area contributed by atoms with Gasteiger partial charge in [0, 0.05) is 4.47 Å². The van der Waals surface area contributed by atoms with Gasteiger partial charge in [0.25, 0.3) is 0 Å². The fourth-order valence-electron chi connectivity index (χ4n) is 10.7. The van der Waals surface area contributed by atoms with E-state index in [9.17, 15) is 52.7 Å². The maximum absolute atomic E-state index is 14.0. The van der Waals surface area contributed by atoms with Crippen molar-refractivity contribution in [3.05, 3.63) is 211 Å². The lowest BCUT2D eigenvalue weighted by molar-refractivity contribution is -0.138. The van der Waals surface area contributed by atoms with Crippen molar-refractivity contribution >= 4 is 59.0 Å². The van der Waals surface area contributed by atoms with E-state index in [4.69, 9.17) is 0 Å². The molecule has 0 bridgehead atoms. The first-order valence-electron chi connectivity index (χ1n) is 19.3. The van der Waals surface area contributed by atoms with E-state index in [1.54, 1.807) is 0 Å². The maximum Gasteiger partial charge on any atom is 0.416 e. The number of hydrogen-bond donors (Lipinski definition) is 0. The SMILES string of the molecule is FC(F)(F)c1ccc(C2(c3ccc(C(F)(F)F)cc3)c3ccc4ccc5c6c7c(cc(Br)c8ccc2c(c3c46)c87)C5(c2ccc(C(F)(F)F)cc2)c2ccc(C(F)(F)F)cc2)cc1. The lowest BCUT2D eigenvalue weighted by Crippen LogP contribution is -2.30. The summed E-state index contributed by atoms with van der Waals surface area (Å²) in [6, 6.07) is 30.9. The molecule has 0 nitrogen and oxygen atoms in total. The van der Waals surface area contributed by atoms with Crippen molar-refractivity contribution < 1.29 is 52.7 Å². The van der Waals surface area contributed by atoms with Crippen molar-refractivity contribution in [3.63, 3.8) is 0 Å². The summed E-state index contributed by atoms with van der Waals surface area (Å²) >= 11 is 3.76. The number of halogens is 13. The first-order valence-corrected chi connectivity index (χ1v) is 20.1. The van der Waals surface area contributed by atoms with Crippen molar-refractivity contribution in [2.75, 3.05) is 0 Å². The summed E-state index contributed by atoms with van der Waals surface area (Å²) in [5, 5.41) is 5.37. The Morgan fingerprint density at radius 3 is 0.921 bits per heavy atom. The van der Waals surface area contributed by atoms with E-state index < -0.39 is 57.8 Å². The Hall–Kier alpha value is -6.08. The van der Waals surface area contributed by atoms with Crippen LogP contribution >= 0.6 is 15.9 Å². The minimum Gasteiger partial charge on any atom is -0.166 e. The molecule has 2 aliphatic rings. The molecule has 0 unspecified atom stereocenters. The van der Waals surface area contributed by atoms with E-state index in [2.05, 4.69) is 15.9 Å². The average molecular weight is 932 g/mol. The van der Waals surface area contributed by atoms with Crippen LogP contribution in [0.5, 0.6) is 0 Å². The summed E-state index contributed by atoms with van der Waals surface area (Å²) in [6.45, 7) is 0. The van der Waals surface area contributed by atoms with E-state index >= 15 is 0 Å². The average Bonchev–Trinajstić information content (AvgIpc) is 3.72. The van der Waals surface area contributed by atoms with E-state index in [1.807, 2.05) is 42.5 Å². The molecular formula is C50H23BrF12. The molecule has 0 N–H and O–H groups in total. The van der Waals surface area contributed by atoms with E-state index in [0.29, 0.717) is 92.1 Å². The van der Waals surface area contributed by atoms with Crippen LogP contribution in [0, 0.1) is 0 Å². The fourth-order valence-corrected chi connectivity index (χ4v) is 11.2. The molecule has 2 aliphatic carbocycles. The van der Waals surface area contributed by atoms with Crippen LogP contribution in [0.1, 0.15) is 66.8 Å². The molecule has 63 heavy (non-hydrogen) atoms. The molecule has 0 radical (unpaired) electrons. The summed E-state index contributed by atoms with van der Waals surface area (Å²) in [4.78, 5) is 0. The Morgan fingerprint density at radius 2 is 0.587 bits per heavy atom. The third kappa shape index (κ3) is 5.19. The van der Waals surface area contributed by atoms with Gasteiger partial charge in [-0.2, -0.15) is 52.7 Å². The molecule has 9 aromatic carbocycles. The van der Waals surface area contributed by atoms with Crippen LogP contribution < -0.4 is 0 Å². The summed E-state index contributed by atoms with van der Waals surface area (Å²) < 4.78 is 169. The van der Waals surface area contributed by atoms with Crippen LogP contribution in [-0.2, 0) is 35.5 Å². The molecule has 0 atom stereocenters. The van der Waals surface area contributed by atoms with Gasteiger partial charge < -0.3 is 0 Å². The van der Waals surface area contributed by atoms with Crippen molar-refractivity contribution in [1.29, 1.82) is 0 Å². The van der Waals surface area contributed by atoms with Gasteiger partial charge >= 0.3 is 24.7 Å². The van der Waals surface area contributed by atoms with Crippen molar-refractivity contribution in [3.8, 4) is 0 Å². The van der Waals surface area contributed by atoms with Crippen LogP contribution in [-0.4, -0.2) is 0 Å². The van der Waals surface area contributed by atoms with Crippen molar-refractivity contribution in [1.82, 2.24) is 0 Å². The number of hydrogen-bond acceptors (Lipinski definition) is 0. The largest absolute Gasteiger partial charge is 0.416 e. The fraction of sp³-hybridized carbons (Fsp3) is 0.120. The second-order valence-corrected chi connectivity index (χ2v) is 16.9. The molecule has 13 heteroatoms. The Kier molecular flexibility index (Phi) is 7.92. The summed E-state index contributed by atoms with van der Waals surface area (Å²) in [5.41, 5.74) is -2.99. The Labute approximate surface area is 356 Å². The highest BCUT2D eigenvalue weighted by Crippen LogP contribution is 2.65. The molecule has 0 aromatic heterocycles. The minimum atomic E-state index is -4.69. The molecule has 11 rings (SSSR count). The zero-order chi connectivity index (χ0) is 44.4. The third-order valence-electron chi connectivity index (χ3n) is 13.1. The predicted molar refractivity (Wildman–Crippen MR) is 219 cm³/mol. The van der Waals surface area contributed by atoms with Gasteiger partial charge in [-0.3, -0.25) is 0 Å². The highest BCUT2D eigenvalue weighted by Gasteiger charge is 2.51. The lowest BCUT2D eigenvalue weighted by Gasteiger charge is -2.36. The topological polar surface area (TPSA) is 0 Å². The van der Waals surface area contributed by atoms with Gasteiger partial charge in [-0.25, -0.2) is 0 Å². The molecule has 0 saturated carbocycles. The molecule has 0 fully saturated rings. The summed E-state index contributed by atoms with van der Waals surface area (Å²) in [7, 11) is 0. The number of alkyl halides is 12. The molecular weight excluding hydrogens is 908 g/mol. The summed E-state index contributed by atoms with van der Waals surface area (Å²) in [5.74, 6) is 0. The summed E-state index contributed by atoms with van der Waals surface area (Å²) in [6.07, 6.45) is -18.8.